The fraction of sp³-hybridized carbons (Fsp3) is 0.533. The lowest BCUT2D eigenvalue weighted by Crippen LogP contribution is -2.38. The number of carbonyl (C=O) groups is 1. The number of aryl methyl sites for hydroxylation is 1. The summed E-state index contributed by atoms with van der Waals surface area (Å²) in [5, 5.41) is 3.66. The van der Waals surface area contributed by atoms with Crippen LogP contribution >= 0.6 is 11.6 Å². The van der Waals surface area contributed by atoms with E-state index in [4.69, 9.17) is 17.3 Å². The maximum atomic E-state index is 11.6. The van der Waals surface area contributed by atoms with Gasteiger partial charge in [0.05, 0.1) is 0 Å². The Labute approximate surface area is 119 Å². The highest BCUT2D eigenvalue weighted by atomic mass is 35.5. The van der Waals surface area contributed by atoms with Crippen LogP contribution in [0.15, 0.2) is 24.3 Å². The van der Waals surface area contributed by atoms with Crippen LogP contribution in [0.3, 0.4) is 0 Å². The van der Waals surface area contributed by atoms with Gasteiger partial charge in [-0.05, 0) is 49.3 Å². The number of hydrogen-bond donors (Lipinski definition) is 2. The summed E-state index contributed by atoms with van der Waals surface area (Å²) >= 11 is 5.82. The first kappa shape index (κ1) is 14.4. The molecule has 1 atom stereocenters. The lowest BCUT2D eigenvalue weighted by atomic mass is 10.1. The molecule has 0 aliphatic heterocycles. The van der Waals surface area contributed by atoms with Crippen molar-refractivity contribution >= 4 is 17.5 Å². The topological polar surface area (TPSA) is 55.1 Å². The fourth-order valence-corrected chi connectivity index (χ4v) is 2.24. The van der Waals surface area contributed by atoms with E-state index in [0.29, 0.717) is 18.9 Å². The Morgan fingerprint density at radius 2 is 2.05 bits per heavy atom. The standard InChI is InChI=1S/C15H21ClN2O/c16-13-8-4-11(5-9-13)2-1-3-15(19)18-10-14(17)12-6-7-12/h4-5,8-9,12,14H,1-3,6-7,10,17H2,(H,18,19). The summed E-state index contributed by atoms with van der Waals surface area (Å²) in [4.78, 5) is 11.6. The van der Waals surface area contributed by atoms with Crippen molar-refractivity contribution in [2.24, 2.45) is 11.7 Å². The van der Waals surface area contributed by atoms with Gasteiger partial charge in [0.2, 0.25) is 5.91 Å². The van der Waals surface area contributed by atoms with E-state index in [0.717, 1.165) is 17.9 Å². The van der Waals surface area contributed by atoms with E-state index in [1.807, 2.05) is 24.3 Å². The molecular formula is C15H21ClN2O. The van der Waals surface area contributed by atoms with Crippen LogP contribution in [-0.4, -0.2) is 18.5 Å². The third kappa shape index (κ3) is 5.21. The van der Waals surface area contributed by atoms with E-state index >= 15 is 0 Å². The normalized spacial score (nSPS) is 16.1. The second-order valence-corrected chi connectivity index (χ2v) is 5.72. The number of nitrogens with two attached hydrogens (primary N) is 1. The van der Waals surface area contributed by atoms with Gasteiger partial charge in [0, 0.05) is 24.0 Å². The molecule has 1 aliphatic rings. The molecule has 1 aliphatic carbocycles. The van der Waals surface area contributed by atoms with Crippen molar-refractivity contribution in [1.29, 1.82) is 0 Å². The summed E-state index contributed by atoms with van der Waals surface area (Å²) in [6.45, 7) is 0.616. The minimum atomic E-state index is 0.102. The van der Waals surface area contributed by atoms with Gasteiger partial charge in [0.25, 0.3) is 0 Å². The summed E-state index contributed by atoms with van der Waals surface area (Å²) < 4.78 is 0. The first-order chi connectivity index (χ1) is 9.15. The Morgan fingerprint density at radius 3 is 2.68 bits per heavy atom. The zero-order chi connectivity index (χ0) is 13.7. The molecule has 3 N–H and O–H groups in total. The minimum Gasteiger partial charge on any atom is -0.355 e. The Hall–Kier alpha value is -1.06. The van der Waals surface area contributed by atoms with E-state index < -0.39 is 0 Å². The van der Waals surface area contributed by atoms with Gasteiger partial charge in [-0.1, -0.05) is 23.7 Å². The molecule has 1 unspecified atom stereocenters. The fourth-order valence-electron chi connectivity index (χ4n) is 2.12. The highest BCUT2D eigenvalue weighted by Gasteiger charge is 2.28. The number of benzene rings is 1. The zero-order valence-electron chi connectivity index (χ0n) is 11.1. The predicted octanol–water partition coefficient (Wildman–Crippen LogP) is 2.52. The van der Waals surface area contributed by atoms with Gasteiger partial charge in [-0.15, -0.1) is 0 Å². The summed E-state index contributed by atoms with van der Waals surface area (Å²) in [6, 6.07) is 7.91. The van der Waals surface area contributed by atoms with Crippen molar-refractivity contribution in [3.63, 3.8) is 0 Å². The molecule has 0 saturated heterocycles. The maximum Gasteiger partial charge on any atom is 0.220 e. The molecule has 104 valence electrons. The van der Waals surface area contributed by atoms with Gasteiger partial charge in [0.1, 0.15) is 0 Å². The number of halogens is 1. The van der Waals surface area contributed by atoms with Crippen LogP contribution in [0.1, 0.15) is 31.2 Å². The molecule has 1 aromatic rings. The van der Waals surface area contributed by atoms with Crippen LogP contribution in [0.2, 0.25) is 5.02 Å². The summed E-state index contributed by atoms with van der Waals surface area (Å²) in [6.07, 6.45) is 4.74. The highest BCUT2D eigenvalue weighted by molar-refractivity contribution is 6.30. The molecule has 1 fully saturated rings. The Balaban J connectivity index is 1.59. The van der Waals surface area contributed by atoms with Gasteiger partial charge < -0.3 is 11.1 Å². The van der Waals surface area contributed by atoms with Crippen LogP contribution < -0.4 is 11.1 Å². The summed E-state index contributed by atoms with van der Waals surface area (Å²) in [7, 11) is 0. The molecular weight excluding hydrogens is 260 g/mol. The molecule has 4 heteroatoms. The SMILES string of the molecule is NC(CNC(=O)CCCc1ccc(Cl)cc1)C1CC1. The molecule has 19 heavy (non-hydrogen) atoms. The van der Waals surface area contributed by atoms with Gasteiger partial charge in [-0.2, -0.15) is 0 Å². The first-order valence-electron chi connectivity index (χ1n) is 6.92. The Kier molecular flexibility index (Phi) is 5.23. The van der Waals surface area contributed by atoms with Crippen molar-refractivity contribution in [1.82, 2.24) is 5.32 Å². The molecule has 0 heterocycles. The largest absolute Gasteiger partial charge is 0.355 e. The number of nitrogens with one attached hydrogen (secondary N) is 1. The summed E-state index contributed by atoms with van der Waals surface area (Å²) in [5.41, 5.74) is 7.15. The minimum absolute atomic E-state index is 0.102. The van der Waals surface area contributed by atoms with Crippen molar-refractivity contribution in [2.75, 3.05) is 6.54 Å². The number of amides is 1. The monoisotopic (exact) mass is 280 g/mol. The first-order valence-corrected chi connectivity index (χ1v) is 7.29. The molecule has 0 spiro atoms. The molecule has 3 nitrogen and oxygen atoms in total. The number of carbonyl (C=O) groups excluding carboxylic acids is 1. The molecule has 1 amide bonds. The second kappa shape index (κ2) is 6.92. The molecule has 0 bridgehead atoms. The van der Waals surface area contributed by atoms with E-state index in [1.165, 1.54) is 18.4 Å². The smallest absolute Gasteiger partial charge is 0.220 e. The number of hydrogen-bond acceptors (Lipinski definition) is 2. The van der Waals surface area contributed by atoms with Gasteiger partial charge >= 0.3 is 0 Å². The predicted molar refractivity (Wildman–Crippen MR) is 78.1 cm³/mol. The van der Waals surface area contributed by atoms with Gasteiger partial charge in [-0.3, -0.25) is 4.79 Å². The molecule has 0 radical (unpaired) electrons. The van der Waals surface area contributed by atoms with Crippen molar-refractivity contribution in [3.05, 3.63) is 34.9 Å². The highest BCUT2D eigenvalue weighted by Crippen LogP contribution is 2.31. The molecule has 2 rings (SSSR count). The van der Waals surface area contributed by atoms with E-state index in [-0.39, 0.29) is 11.9 Å². The van der Waals surface area contributed by atoms with Gasteiger partial charge in [0.15, 0.2) is 0 Å². The van der Waals surface area contributed by atoms with Crippen molar-refractivity contribution < 1.29 is 4.79 Å². The van der Waals surface area contributed by atoms with Crippen LogP contribution in [-0.2, 0) is 11.2 Å². The van der Waals surface area contributed by atoms with Crippen LogP contribution in [0.25, 0.3) is 0 Å². The van der Waals surface area contributed by atoms with Crippen molar-refractivity contribution in [3.8, 4) is 0 Å². The van der Waals surface area contributed by atoms with E-state index in [2.05, 4.69) is 5.32 Å². The third-order valence-electron chi connectivity index (χ3n) is 3.54. The number of rotatable bonds is 7. The summed E-state index contributed by atoms with van der Waals surface area (Å²) in [5.74, 6) is 0.736. The van der Waals surface area contributed by atoms with Crippen molar-refractivity contribution in [2.45, 2.75) is 38.1 Å². The Bertz CT molecular complexity index is 415. The quantitative estimate of drug-likeness (QED) is 0.806. The average Bonchev–Trinajstić information content (AvgIpc) is 3.23. The molecule has 1 saturated carbocycles. The lowest BCUT2D eigenvalue weighted by Gasteiger charge is -2.11. The van der Waals surface area contributed by atoms with Crippen LogP contribution in [0.5, 0.6) is 0 Å². The Morgan fingerprint density at radius 1 is 1.37 bits per heavy atom. The zero-order valence-corrected chi connectivity index (χ0v) is 11.8. The van der Waals surface area contributed by atoms with Crippen LogP contribution in [0, 0.1) is 5.92 Å². The lowest BCUT2D eigenvalue weighted by molar-refractivity contribution is -0.121. The van der Waals surface area contributed by atoms with E-state index in [9.17, 15) is 4.79 Å². The second-order valence-electron chi connectivity index (χ2n) is 5.29. The van der Waals surface area contributed by atoms with Crippen LogP contribution in [0.4, 0.5) is 0 Å². The molecule has 1 aromatic carbocycles. The maximum absolute atomic E-state index is 11.6. The van der Waals surface area contributed by atoms with Gasteiger partial charge in [-0.25, -0.2) is 0 Å². The van der Waals surface area contributed by atoms with E-state index in [1.54, 1.807) is 0 Å². The molecule has 0 aromatic heterocycles. The average molecular weight is 281 g/mol. The third-order valence-corrected chi connectivity index (χ3v) is 3.80.